The van der Waals surface area contributed by atoms with Crippen LogP contribution in [0.1, 0.15) is 57.4 Å². The summed E-state index contributed by atoms with van der Waals surface area (Å²) in [6.07, 6.45) is 8.34. The van der Waals surface area contributed by atoms with Gasteiger partial charge in [-0.1, -0.05) is 63.1 Å². The average molecular weight is 304 g/mol. The normalized spacial score (nSPS) is 10.3. The maximum atomic E-state index is 11.7. The number of nitrogens with one attached hydrogen (secondary N) is 2. The maximum Gasteiger partial charge on any atom is 0.313 e. The van der Waals surface area contributed by atoms with Crippen molar-refractivity contribution in [3.63, 3.8) is 0 Å². The van der Waals surface area contributed by atoms with Crippen molar-refractivity contribution in [3.05, 3.63) is 29.8 Å². The second-order valence-corrected chi connectivity index (χ2v) is 5.70. The number of amides is 2. The first-order valence-electron chi connectivity index (χ1n) is 8.29. The van der Waals surface area contributed by atoms with E-state index in [0.717, 1.165) is 18.4 Å². The minimum absolute atomic E-state index is 0.563. The third-order valence-electron chi connectivity index (χ3n) is 3.58. The molecule has 0 fully saturated rings. The molecule has 0 bridgehead atoms. The monoisotopic (exact) mass is 304 g/mol. The molecule has 1 aromatic carbocycles. The number of unbranched alkanes of at least 4 members (excludes halogenated alkanes) is 6. The highest BCUT2D eigenvalue weighted by Crippen LogP contribution is 2.08. The van der Waals surface area contributed by atoms with Gasteiger partial charge in [0.25, 0.3) is 0 Å². The first kappa shape index (κ1) is 18.2. The Bertz CT molecular complexity index is 455. The molecule has 0 aliphatic carbocycles. The summed E-state index contributed by atoms with van der Waals surface area (Å²) in [7, 11) is 0. The molecule has 0 aromatic heterocycles. The van der Waals surface area contributed by atoms with E-state index in [-0.39, 0.29) is 0 Å². The van der Waals surface area contributed by atoms with E-state index in [0.29, 0.717) is 12.2 Å². The van der Waals surface area contributed by atoms with E-state index in [1.807, 2.05) is 19.1 Å². The van der Waals surface area contributed by atoms with Crippen LogP contribution in [-0.4, -0.2) is 18.4 Å². The van der Waals surface area contributed by atoms with Crippen LogP contribution in [0.5, 0.6) is 0 Å². The summed E-state index contributed by atoms with van der Waals surface area (Å²) in [5, 5.41) is 5.26. The van der Waals surface area contributed by atoms with Gasteiger partial charge in [0.1, 0.15) is 0 Å². The first-order chi connectivity index (χ1) is 10.6. The predicted octanol–water partition coefficient (Wildman–Crippen LogP) is 3.80. The highest BCUT2D eigenvalue weighted by atomic mass is 16.2. The molecule has 0 atom stereocenters. The Morgan fingerprint density at radius 2 is 1.45 bits per heavy atom. The molecule has 0 saturated carbocycles. The molecular weight excluding hydrogens is 276 g/mol. The second kappa shape index (κ2) is 10.8. The third kappa shape index (κ3) is 7.81. The van der Waals surface area contributed by atoms with Gasteiger partial charge in [-0.25, -0.2) is 0 Å². The van der Waals surface area contributed by atoms with Crippen molar-refractivity contribution < 1.29 is 9.59 Å². The molecule has 0 unspecified atom stereocenters. The Kier molecular flexibility index (Phi) is 8.96. The third-order valence-corrected chi connectivity index (χ3v) is 3.58. The number of rotatable bonds is 9. The van der Waals surface area contributed by atoms with Crippen LogP contribution in [0.25, 0.3) is 0 Å². The molecule has 2 amide bonds. The van der Waals surface area contributed by atoms with Gasteiger partial charge in [0, 0.05) is 12.2 Å². The molecule has 0 aliphatic heterocycles. The van der Waals surface area contributed by atoms with Gasteiger partial charge in [0.2, 0.25) is 0 Å². The standard InChI is InChI=1S/C18H28N2O2/c1-3-4-5-6-7-8-9-14-19-17(21)18(22)20-16-12-10-15(2)11-13-16/h10-13H,3-9,14H2,1-2H3,(H,19,21)(H,20,22). The summed E-state index contributed by atoms with van der Waals surface area (Å²) in [5.41, 5.74) is 1.75. The minimum Gasteiger partial charge on any atom is -0.348 e. The van der Waals surface area contributed by atoms with E-state index in [2.05, 4.69) is 17.6 Å². The fourth-order valence-electron chi connectivity index (χ4n) is 2.19. The van der Waals surface area contributed by atoms with Gasteiger partial charge in [-0.15, -0.1) is 0 Å². The highest BCUT2D eigenvalue weighted by molar-refractivity contribution is 6.39. The SMILES string of the molecule is CCCCCCCCCNC(=O)C(=O)Nc1ccc(C)cc1. The lowest BCUT2D eigenvalue weighted by atomic mass is 10.1. The van der Waals surface area contributed by atoms with Crippen LogP contribution in [0.15, 0.2) is 24.3 Å². The van der Waals surface area contributed by atoms with E-state index < -0.39 is 11.8 Å². The molecule has 0 heterocycles. The lowest BCUT2D eigenvalue weighted by Crippen LogP contribution is -2.35. The summed E-state index contributed by atoms with van der Waals surface area (Å²) in [5.74, 6) is -1.17. The number of hydrogen-bond acceptors (Lipinski definition) is 2. The van der Waals surface area contributed by atoms with Crippen molar-refractivity contribution >= 4 is 17.5 Å². The van der Waals surface area contributed by atoms with Crippen molar-refractivity contribution in [2.24, 2.45) is 0 Å². The summed E-state index contributed by atoms with van der Waals surface area (Å²) in [4.78, 5) is 23.4. The van der Waals surface area contributed by atoms with Crippen LogP contribution in [-0.2, 0) is 9.59 Å². The topological polar surface area (TPSA) is 58.2 Å². The molecule has 0 radical (unpaired) electrons. The van der Waals surface area contributed by atoms with Gasteiger partial charge in [-0.05, 0) is 25.5 Å². The van der Waals surface area contributed by atoms with Crippen molar-refractivity contribution in [1.82, 2.24) is 5.32 Å². The van der Waals surface area contributed by atoms with Gasteiger partial charge in [-0.3, -0.25) is 9.59 Å². The summed E-state index contributed by atoms with van der Waals surface area (Å²) < 4.78 is 0. The smallest absolute Gasteiger partial charge is 0.313 e. The lowest BCUT2D eigenvalue weighted by Gasteiger charge is -2.07. The molecule has 0 spiro atoms. The molecule has 1 rings (SSSR count). The van der Waals surface area contributed by atoms with Crippen molar-refractivity contribution in [3.8, 4) is 0 Å². The Morgan fingerprint density at radius 1 is 0.864 bits per heavy atom. The van der Waals surface area contributed by atoms with E-state index in [4.69, 9.17) is 0 Å². The maximum absolute atomic E-state index is 11.7. The van der Waals surface area contributed by atoms with Gasteiger partial charge in [0.15, 0.2) is 0 Å². The molecule has 0 saturated heterocycles. The Morgan fingerprint density at radius 3 is 2.09 bits per heavy atom. The van der Waals surface area contributed by atoms with Gasteiger partial charge in [0.05, 0.1) is 0 Å². The number of hydrogen-bond donors (Lipinski definition) is 2. The summed E-state index contributed by atoms with van der Waals surface area (Å²) >= 11 is 0. The van der Waals surface area contributed by atoms with Crippen LogP contribution in [0.3, 0.4) is 0 Å². The van der Waals surface area contributed by atoms with Crippen molar-refractivity contribution in [2.45, 2.75) is 58.8 Å². The lowest BCUT2D eigenvalue weighted by molar-refractivity contribution is -0.136. The van der Waals surface area contributed by atoms with E-state index in [1.165, 1.54) is 32.1 Å². The molecule has 4 nitrogen and oxygen atoms in total. The fourth-order valence-corrected chi connectivity index (χ4v) is 2.19. The van der Waals surface area contributed by atoms with Gasteiger partial charge < -0.3 is 10.6 Å². The number of benzene rings is 1. The molecule has 22 heavy (non-hydrogen) atoms. The van der Waals surface area contributed by atoms with Crippen LogP contribution < -0.4 is 10.6 Å². The predicted molar refractivity (Wildman–Crippen MR) is 90.8 cm³/mol. The fraction of sp³-hybridized carbons (Fsp3) is 0.556. The Hall–Kier alpha value is -1.84. The quantitative estimate of drug-likeness (QED) is 0.538. The van der Waals surface area contributed by atoms with Crippen LogP contribution in [0.4, 0.5) is 5.69 Å². The first-order valence-corrected chi connectivity index (χ1v) is 8.29. The number of aryl methyl sites for hydroxylation is 1. The van der Waals surface area contributed by atoms with Gasteiger partial charge >= 0.3 is 11.8 Å². The van der Waals surface area contributed by atoms with Gasteiger partial charge in [-0.2, -0.15) is 0 Å². The average Bonchev–Trinajstić information content (AvgIpc) is 2.52. The number of carbonyl (C=O) groups excluding carboxylic acids is 2. The molecule has 122 valence electrons. The zero-order chi connectivity index (χ0) is 16.2. The van der Waals surface area contributed by atoms with Crippen LogP contribution >= 0.6 is 0 Å². The largest absolute Gasteiger partial charge is 0.348 e. The Labute approximate surface area is 133 Å². The molecule has 2 N–H and O–H groups in total. The van der Waals surface area contributed by atoms with Crippen LogP contribution in [0.2, 0.25) is 0 Å². The molecule has 0 aliphatic rings. The molecule has 4 heteroatoms. The zero-order valence-corrected chi connectivity index (χ0v) is 13.8. The molecule has 1 aromatic rings. The second-order valence-electron chi connectivity index (χ2n) is 5.70. The van der Waals surface area contributed by atoms with E-state index in [1.54, 1.807) is 12.1 Å². The Balaban J connectivity index is 2.11. The molecular formula is C18H28N2O2. The zero-order valence-electron chi connectivity index (χ0n) is 13.8. The van der Waals surface area contributed by atoms with Crippen LogP contribution in [0, 0.1) is 6.92 Å². The van der Waals surface area contributed by atoms with Crippen molar-refractivity contribution in [1.29, 1.82) is 0 Å². The van der Waals surface area contributed by atoms with E-state index in [9.17, 15) is 9.59 Å². The summed E-state index contributed by atoms with van der Waals surface area (Å²) in [6, 6.07) is 7.37. The number of anilines is 1. The number of carbonyl (C=O) groups is 2. The summed E-state index contributed by atoms with van der Waals surface area (Å²) in [6.45, 7) is 4.74. The minimum atomic E-state index is -0.605. The van der Waals surface area contributed by atoms with Crippen molar-refractivity contribution in [2.75, 3.05) is 11.9 Å². The highest BCUT2D eigenvalue weighted by Gasteiger charge is 2.12. The van der Waals surface area contributed by atoms with E-state index >= 15 is 0 Å².